The van der Waals surface area contributed by atoms with E-state index >= 15 is 0 Å². The summed E-state index contributed by atoms with van der Waals surface area (Å²) in [7, 11) is -8.14. The van der Waals surface area contributed by atoms with Crippen LogP contribution in [0.3, 0.4) is 0 Å². The van der Waals surface area contributed by atoms with Crippen LogP contribution in [0.1, 0.15) is 41.0 Å². The van der Waals surface area contributed by atoms with Crippen molar-refractivity contribution in [3.8, 4) is 5.82 Å². The van der Waals surface area contributed by atoms with E-state index in [2.05, 4.69) is 10.2 Å². The number of ether oxygens (including phenoxy) is 1. The number of rotatable bonds is 11. The van der Waals surface area contributed by atoms with Crippen molar-refractivity contribution in [2.75, 3.05) is 41.8 Å². The Morgan fingerprint density at radius 2 is 1.71 bits per heavy atom. The molecule has 1 saturated heterocycles. The largest absolute Gasteiger partial charge is 0.443 e. The average Bonchev–Trinajstić information content (AvgIpc) is 3.62. The molecule has 1 aliphatic heterocycles. The minimum absolute atomic E-state index is 0.0144. The summed E-state index contributed by atoms with van der Waals surface area (Å²) in [6, 6.07) is 9.43. The van der Waals surface area contributed by atoms with Crippen molar-refractivity contribution in [2.45, 2.75) is 51.9 Å². The number of fused-ring (bicyclic) bond motifs is 1. The first-order valence-corrected chi connectivity index (χ1v) is 19.4. The van der Waals surface area contributed by atoms with Crippen molar-refractivity contribution in [1.82, 2.24) is 19.7 Å². The number of benzene rings is 1. The fourth-order valence-corrected chi connectivity index (χ4v) is 10.1. The SMILES string of the molecule is CCOP(=O)(CN(c1ccc2c(ccn2-c2ccc(N3CCN(C(=O)OC(C)(C)C)C3=O)nn2)c1)S(=O)(=O)C1C=C(Cl)C=C(Cl)C1)OCC. The van der Waals surface area contributed by atoms with Gasteiger partial charge in [0, 0.05) is 34.6 Å². The Bertz CT molecular complexity index is 1950. The summed E-state index contributed by atoms with van der Waals surface area (Å²) in [5.41, 5.74) is 0.144. The minimum atomic E-state index is -4.24. The molecule has 1 unspecified atom stereocenters. The first-order valence-electron chi connectivity index (χ1n) is 15.5. The Morgan fingerprint density at radius 1 is 1.04 bits per heavy atom. The molecule has 14 nitrogen and oxygen atoms in total. The molecule has 49 heavy (non-hydrogen) atoms. The Kier molecular flexibility index (Phi) is 10.8. The zero-order valence-corrected chi connectivity index (χ0v) is 30.8. The Balaban J connectivity index is 1.44. The second-order valence-electron chi connectivity index (χ2n) is 12.1. The zero-order valence-electron chi connectivity index (χ0n) is 27.6. The van der Waals surface area contributed by atoms with Gasteiger partial charge in [0.15, 0.2) is 11.6 Å². The molecule has 3 amide bonds. The second kappa shape index (κ2) is 14.4. The number of carbonyl (C=O) groups is 2. The Labute approximate surface area is 294 Å². The molecule has 0 bridgehead atoms. The highest BCUT2D eigenvalue weighted by Crippen LogP contribution is 2.50. The van der Waals surface area contributed by atoms with Crippen molar-refractivity contribution >= 4 is 75.4 Å². The molecule has 3 aromatic rings. The van der Waals surface area contributed by atoms with Crippen molar-refractivity contribution in [1.29, 1.82) is 0 Å². The summed E-state index contributed by atoms with van der Waals surface area (Å²) in [5, 5.41) is 8.52. The van der Waals surface area contributed by atoms with Crippen molar-refractivity contribution in [2.24, 2.45) is 0 Å². The smallest absolute Gasteiger partial charge is 0.418 e. The third kappa shape index (κ3) is 8.13. The first kappa shape index (κ1) is 36.8. The fraction of sp³-hybridized carbons (Fsp3) is 0.419. The molecule has 0 N–H and O–H groups in total. The van der Waals surface area contributed by atoms with E-state index in [-0.39, 0.29) is 54.3 Å². The standard InChI is InChI=1S/C31H37Cl2N6O8PS/c1-6-45-48(42,46-7-2)20-39(49(43,44)25-18-22(32)17-23(33)19-25)24-8-9-26-21(16-24)12-13-36(26)27-10-11-28(35-34-27)37-14-15-38(29(37)40)30(41)47-31(3,4)5/h8-13,16-18,25H,6-7,14-15,19-20H2,1-5H3. The molecule has 3 heterocycles. The highest BCUT2D eigenvalue weighted by molar-refractivity contribution is 7.94. The summed E-state index contributed by atoms with van der Waals surface area (Å²) in [6.45, 7) is 8.92. The average molecular weight is 756 g/mol. The van der Waals surface area contributed by atoms with E-state index < -0.39 is 46.9 Å². The van der Waals surface area contributed by atoms with Crippen LogP contribution >= 0.6 is 30.8 Å². The Morgan fingerprint density at radius 3 is 2.33 bits per heavy atom. The van der Waals surface area contributed by atoms with E-state index in [0.29, 0.717) is 16.7 Å². The molecule has 264 valence electrons. The van der Waals surface area contributed by atoms with Gasteiger partial charge < -0.3 is 13.8 Å². The molecule has 0 saturated carbocycles. The molecule has 2 aliphatic rings. The third-order valence-electron chi connectivity index (χ3n) is 7.42. The maximum atomic E-state index is 14.1. The molecule has 1 aliphatic carbocycles. The van der Waals surface area contributed by atoms with E-state index in [4.69, 9.17) is 37.0 Å². The molecule has 1 aromatic carbocycles. The number of imide groups is 1. The number of carbonyl (C=O) groups excluding carboxylic acids is 2. The van der Waals surface area contributed by atoms with Crippen molar-refractivity contribution < 1.29 is 36.4 Å². The molecule has 1 atom stereocenters. The number of amides is 3. The zero-order chi connectivity index (χ0) is 35.7. The normalized spacial score (nSPS) is 17.4. The van der Waals surface area contributed by atoms with Crippen LogP contribution in [-0.2, 0) is 28.4 Å². The Hall–Kier alpha value is -3.46. The summed E-state index contributed by atoms with van der Waals surface area (Å²) in [5.74, 6) is 0.687. The van der Waals surface area contributed by atoms with Gasteiger partial charge in [-0.25, -0.2) is 22.9 Å². The topological polar surface area (TPSA) is 153 Å². The molecular formula is C31H37Cl2N6O8PS. The second-order valence-corrected chi connectivity index (χ2v) is 17.1. The van der Waals surface area contributed by atoms with E-state index in [9.17, 15) is 22.6 Å². The van der Waals surface area contributed by atoms with E-state index in [1.54, 1.807) is 81.8 Å². The lowest BCUT2D eigenvalue weighted by molar-refractivity contribution is 0.0354. The molecular weight excluding hydrogens is 718 g/mol. The van der Waals surface area contributed by atoms with Gasteiger partial charge in [0.2, 0.25) is 10.0 Å². The number of urea groups is 1. The number of nitrogens with zero attached hydrogens (tertiary/aromatic N) is 6. The maximum absolute atomic E-state index is 14.1. The van der Waals surface area contributed by atoms with Crippen LogP contribution in [0, 0.1) is 0 Å². The fourth-order valence-electron chi connectivity index (χ4n) is 5.33. The molecule has 0 spiro atoms. The summed E-state index contributed by atoms with van der Waals surface area (Å²) >= 11 is 12.4. The summed E-state index contributed by atoms with van der Waals surface area (Å²) in [6.07, 6.45) is 3.30. The van der Waals surface area contributed by atoms with Gasteiger partial charge >= 0.3 is 19.7 Å². The van der Waals surface area contributed by atoms with Crippen LogP contribution in [0.4, 0.5) is 21.1 Å². The van der Waals surface area contributed by atoms with Gasteiger partial charge in [-0.15, -0.1) is 10.2 Å². The monoisotopic (exact) mass is 754 g/mol. The van der Waals surface area contributed by atoms with Gasteiger partial charge in [-0.2, -0.15) is 0 Å². The van der Waals surface area contributed by atoms with Gasteiger partial charge in [-0.05, 0) is 83.2 Å². The van der Waals surface area contributed by atoms with Crippen LogP contribution < -0.4 is 9.21 Å². The molecule has 5 rings (SSSR count). The number of aromatic nitrogens is 3. The van der Waals surface area contributed by atoms with Crippen molar-refractivity contribution in [3.05, 3.63) is 64.8 Å². The lowest BCUT2D eigenvalue weighted by atomic mass is 10.2. The van der Waals surface area contributed by atoms with E-state index in [0.717, 1.165) is 9.21 Å². The number of hydrogen-bond acceptors (Lipinski definition) is 10. The van der Waals surface area contributed by atoms with Crippen LogP contribution in [0.25, 0.3) is 16.7 Å². The molecule has 2 aromatic heterocycles. The lowest BCUT2D eigenvalue weighted by Crippen LogP contribution is -2.40. The van der Waals surface area contributed by atoms with Gasteiger partial charge in [0.05, 0.1) is 31.0 Å². The molecule has 0 radical (unpaired) electrons. The van der Waals surface area contributed by atoms with Gasteiger partial charge in [-0.3, -0.25) is 18.3 Å². The van der Waals surface area contributed by atoms with Crippen LogP contribution in [0.2, 0.25) is 0 Å². The van der Waals surface area contributed by atoms with Gasteiger partial charge in [0.1, 0.15) is 17.1 Å². The lowest BCUT2D eigenvalue weighted by Gasteiger charge is -2.31. The van der Waals surface area contributed by atoms with E-state index in [1.165, 1.54) is 17.1 Å². The highest BCUT2D eigenvalue weighted by atomic mass is 35.5. The van der Waals surface area contributed by atoms with Gasteiger partial charge in [0.25, 0.3) is 0 Å². The van der Waals surface area contributed by atoms with Crippen LogP contribution in [0.15, 0.2) is 64.8 Å². The number of sulfonamides is 1. The number of hydrogen-bond donors (Lipinski definition) is 0. The minimum Gasteiger partial charge on any atom is -0.443 e. The van der Waals surface area contributed by atoms with Crippen molar-refractivity contribution in [3.63, 3.8) is 0 Å². The number of halogens is 2. The maximum Gasteiger partial charge on any atom is 0.418 e. The molecule has 18 heteroatoms. The summed E-state index contributed by atoms with van der Waals surface area (Å²) in [4.78, 5) is 27.8. The third-order valence-corrected chi connectivity index (χ3v) is 12.1. The van der Waals surface area contributed by atoms with Crippen LogP contribution in [0.5, 0.6) is 0 Å². The van der Waals surface area contributed by atoms with Crippen LogP contribution in [-0.4, -0.2) is 83.6 Å². The number of anilines is 2. The van der Waals surface area contributed by atoms with E-state index in [1.807, 2.05) is 0 Å². The van der Waals surface area contributed by atoms with Gasteiger partial charge in [-0.1, -0.05) is 23.2 Å². The highest BCUT2D eigenvalue weighted by Gasteiger charge is 2.40. The summed E-state index contributed by atoms with van der Waals surface area (Å²) < 4.78 is 61.0. The predicted octanol–water partition coefficient (Wildman–Crippen LogP) is 6.98. The predicted molar refractivity (Wildman–Crippen MR) is 188 cm³/mol. The molecule has 1 fully saturated rings. The first-order chi connectivity index (χ1) is 23.0. The number of allylic oxidation sites excluding steroid dienone is 3. The quantitative estimate of drug-likeness (QED) is 0.188.